The Morgan fingerprint density at radius 3 is 2.75 bits per heavy atom. The molecule has 2 aromatic heterocycles. The Morgan fingerprint density at radius 1 is 1.40 bits per heavy atom. The zero-order chi connectivity index (χ0) is 14.8. The number of hydrogen-bond acceptors (Lipinski definition) is 5. The summed E-state index contributed by atoms with van der Waals surface area (Å²) in [6.07, 6.45) is 3.37. The number of sulfonamides is 1. The molecule has 0 saturated carbocycles. The van der Waals surface area contributed by atoms with Gasteiger partial charge in [-0.15, -0.1) is 0 Å². The third-order valence-corrected chi connectivity index (χ3v) is 4.24. The average molecular weight is 298 g/mol. The Morgan fingerprint density at radius 2 is 2.15 bits per heavy atom. The van der Waals surface area contributed by atoms with Crippen molar-refractivity contribution in [2.45, 2.75) is 25.0 Å². The third kappa shape index (κ3) is 3.06. The molecule has 0 atom stereocenters. The fourth-order valence-corrected chi connectivity index (χ4v) is 3.06. The molecule has 0 bridgehead atoms. The summed E-state index contributed by atoms with van der Waals surface area (Å²) in [4.78, 5) is 0. The van der Waals surface area contributed by atoms with Crippen LogP contribution in [-0.2, 0) is 30.2 Å². The van der Waals surface area contributed by atoms with Gasteiger partial charge in [0.25, 0.3) is 10.0 Å². The Kier molecular flexibility index (Phi) is 4.21. The minimum atomic E-state index is -3.65. The molecule has 8 nitrogen and oxygen atoms in total. The zero-order valence-corrected chi connectivity index (χ0v) is 12.5. The molecule has 0 radical (unpaired) electrons. The van der Waals surface area contributed by atoms with Crippen molar-refractivity contribution in [1.29, 1.82) is 0 Å². The van der Waals surface area contributed by atoms with E-state index in [9.17, 15) is 8.42 Å². The first-order chi connectivity index (χ1) is 9.44. The van der Waals surface area contributed by atoms with Crippen LogP contribution in [0.4, 0.5) is 0 Å². The average Bonchev–Trinajstić information content (AvgIpc) is 2.96. The van der Waals surface area contributed by atoms with Crippen LogP contribution in [0.1, 0.15) is 16.8 Å². The monoisotopic (exact) mass is 298 g/mol. The highest BCUT2D eigenvalue weighted by Crippen LogP contribution is 2.16. The SMILES string of the molecule is CNCc1c(S(=O)(=O)NCc2cnn(C)c2)n[nH]c1C. The molecule has 0 spiro atoms. The zero-order valence-electron chi connectivity index (χ0n) is 11.6. The van der Waals surface area contributed by atoms with Crippen LogP contribution in [0.15, 0.2) is 17.4 Å². The van der Waals surface area contributed by atoms with Crippen molar-refractivity contribution in [3.63, 3.8) is 0 Å². The van der Waals surface area contributed by atoms with Crippen molar-refractivity contribution in [3.05, 3.63) is 29.2 Å². The van der Waals surface area contributed by atoms with Gasteiger partial charge in [-0.1, -0.05) is 0 Å². The molecule has 2 heterocycles. The number of rotatable bonds is 6. The van der Waals surface area contributed by atoms with Gasteiger partial charge in [-0.25, -0.2) is 13.1 Å². The van der Waals surface area contributed by atoms with Crippen molar-refractivity contribution >= 4 is 10.0 Å². The number of H-pyrrole nitrogens is 1. The summed E-state index contributed by atoms with van der Waals surface area (Å²) in [5, 5.41) is 13.6. The topological polar surface area (TPSA) is 105 Å². The van der Waals surface area contributed by atoms with Crippen LogP contribution in [0.3, 0.4) is 0 Å². The van der Waals surface area contributed by atoms with Gasteiger partial charge in [0, 0.05) is 43.2 Å². The summed E-state index contributed by atoms with van der Waals surface area (Å²) in [7, 11) is -0.117. The van der Waals surface area contributed by atoms with E-state index >= 15 is 0 Å². The van der Waals surface area contributed by atoms with Crippen LogP contribution in [0, 0.1) is 6.92 Å². The molecule has 2 aromatic rings. The lowest BCUT2D eigenvalue weighted by Crippen LogP contribution is -2.25. The minimum Gasteiger partial charge on any atom is -0.316 e. The normalized spacial score (nSPS) is 11.9. The lowest BCUT2D eigenvalue weighted by Gasteiger charge is -2.06. The number of nitrogens with one attached hydrogen (secondary N) is 3. The largest absolute Gasteiger partial charge is 0.316 e. The van der Waals surface area contributed by atoms with Crippen LogP contribution < -0.4 is 10.0 Å². The predicted octanol–water partition coefficient (Wildman–Crippen LogP) is -0.350. The highest BCUT2D eigenvalue weighted by Gasteiger charge is 2.23. The molecule has 0 unspecified atom stereocenters. The van der Waals surface area contributed by atoms with Crippen molar-refractivity contribution in [2.24, 2.45) is 7.05 Å². The molecule has 0 aliphatic carbocycles. The van der Waals surface area contributed by atoms with E-state index in [0.29, 0.717) is 12.1 Å². The van der Waals surface area contributed by atoms with Gasteiger partial charge in [0.05, 0.1) is 6.20 Å². The van der Waals surface area contributed by atoms with Crippen molar-refractivity contribution in [1.82, 2.24) is 30.0 Å². The molecule has 0 aliphatic heterocycles. The Hall–Kier alpha value is -1.71. The van der Waals surface area contributed by atoms with E-state index in [1.54, 1.807) is 38.1 Å². The second kappa shape index (κ2) is 5.73. The van der Waals surface area contributed by atoms with E-state index in [1.807, 2.05) is 0 Å². The molecule has 0 saturated heterocycles. The van der Waals surface area contributed by atoms with Gasteiger partial charge in [-0.05, 0) is 14.0 Å². The molecule has 0 fully saturated rings. The Bertz CT molecular complexity index is 688. The maximum atomic E-state index is 12.3. The first kappa shape index (κ1) is 14.7. The highest BCUT2D eigenvalue weighted by molar-refractivity contribution is 7.89. The summed E-state index contributed by atoms with van der Waals surface area (Å²) >= 11 is 0. The number of aromatic amines is 1. The molecule has 3 N–H and O–H groups in total. The van der Waals surface area contributed by atoms with E-state index in [2.05, 4.69) is 25.3 Å². The number of hydrogen-bond donors (Lipinski definition) is 3. The Balaban J connectivity index is 2.18. The van der Waals surface area contributed by atoms with Crippen LogP contribution in [0.25, 0.3) is 0 Å². The van der Waals surface area contributed by atoms with Gasteiger partial charge < -0.3 is 5.32 Å². The van der Waals surface area contributed by atoms with Crippen LogP contribution in [-0.4, -0.2) is 35.4 Å². The summed E-state index contributed by atoms with van der Waals surface area (Å²) in [5.41, 5.74) is 2.17. The van der Waals surface area contributed by atoms with Crippen LogP contribution in [0.5, 0.6) is 0 Å². The molecular weight excluding hydrogens is 280 g/mol. The molecule has 9 heteroatoms. The van der Waals surface area contributed by atoms with Gasteiger partial charge in [0.1, 0.15) is 0 Å². The van der Waals surface area contributed by atoms with Gasteiger partial charge in [-0.2, -0.15) is 10.2 Å². The van der Waals surface area contributed by atoms with Gasteiger partial charge in [0.15, 0.2) is 5.03 Å². The quantitative estimate of drug-likeness (QED) is 0.676. The fraction of sp³-hybridized carbons (Fsp3) is 0.455. The maximum Gasteiger partial charge on any atom is 0.260 e. The summed E-state index contributed by atoms with van der Waals surface area (Å²) in [6, 6.07) is 0. The predicted molar refractivity (Wildman–Crippen MR) is 73.3 cm³/mol. The summed E-state index contributed by atoms with van der Waals surface area (Å²) in [6.45, 7) is 2.41. The minimum absolute atomic E-state index is 0.0354. The lowest BCUT2D eigenvalue weighted by atomic mass is 10.3. The summed E-state index contributed by atoms with van der Waals surface area (Å²) in [5.74, 6) is 0. The molecule has 0 amide bonds. The molecule has 0 aliphatic rings. The van der Waals surface area contributed by atoms with E-state index in [0.717, 1.165) is 11.3 Å². The van der Waals surface area contributed by atoms with Gasteiger partial charge in [-0.3, -0.25) is 9.78 Å². The highest BCUT2D eigenvalue weighted by atomic mass is 32.2. The number of aromatic nitrogens is 4. The van der Waals surface area contributed by atoms with E-state index in [1.165, 1.54) is 0 Å². The lowest BCUT2D eigenvalue weighted by molar-refractivity contribution is 0.574. The third-order valence-electron chi connectivity index (χ3n) is 2.87. The van der Waals surface area contributed by atoms with Crippen molar-refractivity contribution in [3.8, 4) is 0 Å². The maximum absolute atomic E-state index is 12.3. The Labute approximate surface area is 117 Å². The first-order valence-electron chi connectivity index (χ1n) is 6.09. The molecule has 0 aromatic carbocycles. The smallest absolute Gasteiger partial charge is 0.260 e. The molecular formula is C11H18N6O2S. The number of aryl methyl sites for hydroxylation is 2. The van der Waals surface area contributed by atoms with Gasteiger partial charge in [0.2, 0.25) is 0 Å². The summed E-state index contributed by atoms with van der Waals surface area (Å²) < 4.78 is 28.7. The molecule has 2 rings (SSSR count). The van der Waals surface area contributed by atoms with E-state index < -0.39 is 10.0 Å². The van der Waals surface area contributed by atoms with Gasteiger partial charge >= 0.3 is 0 Å². The molecule has 110 valence electrons. The van der Waals surface area contributed by atoms with E-state index in [4.69, 9.17) is 0 Å². The fourth-order valence-electron chi connectivity index (χ4n) is 1.85. The standard InChI is InChI=1S/C11H18N6O2S/c1-8-10(6-12-2)11(16-15-8)20(18,19)14-5-9-4-13-17(3)7-9/h4,7,12,14H,5-6H2,1-3H3,(H,15,16). The van der Waals surface area contributed by atoms with E-state index in [-0.39, 0.29) is 11.6 Å². The number of nitrogens with zero attached hydrogens (tertiary/aromatic N) is 3. The van der Waals surface area contributed by atoms with Crippen molar-refractivity contribution < 1.29 is 8.42 Å². The second-order valence-electron chi connectivity index (χ2n) is 4.51. The second-order valence-corrected chi connectivity index (χ2v) is 6.19. The first-order valence-corrected chi connectivity index (χ1v) is 7.58. The van der Waals surface area contributed by atoms with Crippen molar-refractivity contribution in [2.75, 3.05) is 7.05 Å². The molecule has 20 heavy (non-hydrogen) atoms. The van der Waals surface area contributed by atoms with Crippen LogP contribution in [0.2, 0.25) is 0 Å². The van der Waals surface area contributed by atoms with Crippen LogP contribution >= 0.6 is 0 Å².